The van der Waals surface area contributed by atoms with Crippen LogP contribution in [0.2, 0.25) is 0 Å². The fourth-order valence-corrected chi connectivity index (χ4v) is 14.3. The Kier molecular flexibility index (Phi) is 20.9. The van der Waals surface area contributed by atoms with Gasteiger partial charge in [-0.3, -0.25) is 47.6 Å². The topological polar surface area (TPSA) is 426 Å². The second-order valence-electron chi connectivity index (χ2n) is 17.7. The maximum absolute atomic E-state index is 14.4. The average Bonchev–Trinajstić information content (AvgIpc) is 4.18. The van der Waals surface area contributed by atoms with Gasteiger partial charge in [0.25, 0.3) is 16.7 Å². The predicted molar refractivity (Wildman–Crippen MR) is 277 cm³/mol. The molecular weight excluding hydrogens is 1200 g/mol. The first kappa shape index (κ1) is 63.0. The highest BCUT2D eigenvalue weighted by atomic mass is 32.7. The van der Waals surface area contributed by atoms with Crippen molar-refractivity contribution >= 4 is 91.7 Å². The van der Waals surface area contributed by atoms with Gasteiger partial charge in [0.1, 0.15) is 69.1 Å². The van der Waals surface area contributed by atoms with Crippen LogP contribution in [-0.4, -0.2) is 146 Å². The third-order valence-electron chi connectivity index (χ3n) is 11.7. The Labute approximate surface area is 461 Å². The molecule has 32 nitrogen and oxygen atoms in total. The molecule has 0 bridgehead atoms. The second kappa shape index (κ2) is 25.9. The summed E-state index contributed by atoms with van der Waals surface area (Å²) in [7, 11) is 2.35. The molecule has 3 aliphatic heterocycles. The van der Waals surface area contributed by atoms with Crippen molar-refractivity contribution in [3.05, 3.63) is 81.9 Å². The Morgan fingerprint density at radius 1 is 0.756 bits per heavy atom. The Morgan fingerprint density at radius 3 is 1.76 bits per heavy atom. The van der Waals surface area contributed by atoms with E-state index in [2.05, 4.69) is 24.9 Å². The van der Waals surface area contributed by atoms with Crippen LogP contribution in [0.15, 0.2) is 42.7 Å². The van der Waals surface area contributed by atoms with Crippen LogP contribution in [-0.2, 0) is 112 Å². The van der Waals surface area contributed by atoms with Gasteiger partial charge in [-0.2, -0.15) is 4.98 Å². The van der Waals surface area contributed by atoms with Gasteiger partial charge in [0.15, 0.2) is 30.4 Å². The van der Waals surface area contributed by atoms with Crippen molar-refractivity contribution < 1.29 is 84.2 Å². The fourth-order valence-electron chi connectivity index (χ4n) is 8.30. The molecule has 3 saturated heterocycles. The molecule has 0 amide bonds. The summed E-state index contributed by atoms with van der Waals surface area (Å²) in [4.78, 5) is 121. The highest BCUT2D eigenvalue weighted by molar-refractivity contribution is 8.32. The zero-order valence-electron chi connectivity index (χ0n) is 41.8. The SMILES string of the molecule is COC1[C@@H](OP([O-])(=S)OCCCO)[C@@H](COP([O-])(=S)O[C@@H]2C(OC)[C@H](n3cc(C)c(=O)[nH]c3=O)O[C@@H]2COP([O-])(=S)O[C@@H]2C[C@H](n3cnc4c(=O)[nH]c(N)nc43)O[C@@H]2COP(=O)([S-])OC(C)C)O[C@H]1n1cc(C)c(=O)[nH]c1=O. The molecule has 0 saturated carbocycles. The molecule has 0 spiro atoms. The van der Waals surface area contributed by atoms with Gasteiger partial charge >= 0.3 is 11.4 Å². The van der Waals surface area contributed by atoms with Crippen molar-refractivity contribution in [1.29, 1.82) is 0 Å². The lowest BCUT2D eigenvalue weighted by atomic mass is 10.1. The molecule has 436 valence electrons. The number of fused-ring (bicyclic) bond motifs is 1. The fraction of sp³-hybridized carbons (Fsp3) is 0.658. The number of imidazole rings is 1. The summed E-state index contributed by atoms with van der Waals surface area (Å²) in [5.41, 5.74) is 1.77. The van der Waals surface area contributed by atoms with Gasteiger partial charge < -0.3 is 97.6 Å². The highest BCUT2D eigenvalue weighted by Gasteiger charge is 2.51. The maximum Gasteiger partial charge on any atom is 0.330 e. The molecule has 6 N–H and O–H groups in total. The van der Waals surface area contributed by atoms with Gasteiger partial charge in [-0.25, -0.2) is 14.6 Å². The minimum atomic E-state index is -4.92. The highest BCUT2D eigenvalue weighted by Crippen LogP contribution is 2.52. The Morgan fingerprint density at radius 2 is 1.26 bits per heavy atom. The van der Waals surface area contributed by atoms with Gasteiger partial charge in [-0.15, -0.1) is 0 Å². The number of nitrogens with two attached hydrogens (primary N) is 1. The number of rotatable bonds is 26. The number of hydrogen-bond acceptors (Lipinski definition) is 30. The van der Waals surface area contributed by atoms with Crippen LogP contribution < -0.4 is 48.5 Å². The minimum Gasteiger partial charge on any atom is -0.780 e. The van der Waals surface area contributed by atoms with E-state index >= 15 is 0 Å². The molecule has 78 heavy (non-hydrogen) atoms. The van der Waals surface area contributed by atoms with E-state index in [1.807, 2.05) is 0 Å². The van der Waals surface area contributed by atoms with E-state index in [9.17, 15) is 48.3 Å². The molecule has 3 fully saturated rings. The summed E-state index contributed by atoms with van der Waals surface area (Å²) >= 11 is 20.9. The first-order chi connectivity index (χ1) is 36.5. The summed E-state index contributed by atoms with van der Waals surface area (Å²) < 4.78 is 90.9. The third-order valence-corrected chi connectivity index (χ3v) is 18.1. The van der Waals surface area contributed by atoms with E-state index in [-0.39, 0.29) is 54.3 Å². The number of anilines is 1. The molecule has 7 rings (SSSR count). The van der Waals surface area contributed by atoms with E-state index in [4.69, 9.17) is 113 Å². The number of aliphatic hydroxyl groups is 1. The number of methoxy groups -OCH3 is 2. The average molecular weight is 1260 g/mol. The lowest BCUT2D eigenvalue weighted by Gasteiger charge is -2.37. The quantitative estimate of drug-likeness (QED) is 0.0257. The Bertz CT molecular complexity index is 3310. The van der Waals surface area contributed by atoms with Gasteiger partial charge in [-0.05, 0) is 34.1 Å². The van der Waals surface area contributed by atoms with Crippen molar-refractivity contribution in [3.8, 4) is 0 Å². The van der Waals surface area contributed by atoms with Gasteiger partial charge in [0.2, 0.25) is 5.95 Å². The molecule has 40 heteroatoms. The summed E-state index contributed by atoms with van der Waals surface area (Å²) in [6.07, 6.45) is -13.1. The number of aryl methyl sites for hydroxylation is 2. The zero-order chi connectivity index (χ0) is 57.2. The monoisotopic (exact) mass is 1260 g/mol. The molecule has 0 aliphatic carbocycles. The molecule has 3 aliphatic rings. The van der Waals surface area contributed by atoms with Crippen molar-refractivity contribution in [2.24, 2.45) is 0 Å². The van der Waals surface area contributed by atoms with E-state index in [1.54, 1.807) is 13.8 Å². The number of ether oxygens (including phenoxy) is 5. The van der Waals surface area contributed by atoms with Gasteiger partial charge in [0.05, 0.1) is 45.0 Å². The summed E-state index contributed by atoms with van der Waals surface area (Å²) in [6.45, 7) is -15.2. The summed E-state index contributed by atoms with van der Waals surface area (Å²) in [5.74, 6) is -0.245. The first-order valence-corrected chi connectivity index (χ1v) is 33.3. The lowest BCUT2D eigenvalue weighted by Crippen LogP contribution is -2.42. The molecular formula is C38H53N9O23P4S4-4. The van der Waals surface area contributed by atoms with Crippen LogP contribution in [0.25, 0.3) is 11.2 Å². The van der Waals surface area contributed by atoms with Crippen LogP contribution >= 0.6 is 27.0 Å². The number of nitrogens with zero attached hydrogens (tertiary/aromatic N) is 5. The molecule has 0 radical (unpaired) electrons. The van der Waals surface area contributed by atoms with E-state index in [0.29, 0.717) is 0 Å². The smallest absolute Gasteiger partial charge is 0.330 e. The molecule has 15 atom stereocenters. The number of nitrogens with one attached hydrogen (secondary N) is 3. The normalized spacial score (nSPS) is 28.7. The molecule has 4 aromatic heterocycles. The second-order valence-corrected chi connectivity index (χ2v) is 28.5. The van der Waals surface area contributed by atoms with Gasteiger partial charge in [-0.1, -0.05) is 35.4 Å². The lowest BCUT2D eigenvalue weighted by molar-refractivity contribution is -0.221. The van der Waals surface area contributed by atoms with Crippen LogP contribution in [0.4, 0.5) is 5.95 Å². The molecule has 6 unspecified atom stereocenters. The molecule has 0 aromatic carbocycles. The van der Waals surface area contributed by atoms with Crippen molar-refractivity contribution in [3.63, 3.8) is 0 Å². The number of hydrogen-bond donors (Lipinski definition) is 5. The third kappa shape index (κ3) is 15.3. The van der Waals surface area contributed by atoms with Crippen LogP contribution in [0, 0.1) is 13.8 Å². The number of aromatic nitrogens is 8. The first-order valence-electron chi connectivity index (χ1n) is 23.1. The Balaban J connectivity index is 1.14. The Hall–Kier alpha value is -2.64. The minimum absolute atomic E-state index is 0.00451. The van der Waals surface area contributed by atoms with Crippen molar-refractivity contribution in [1.82, 2.24) is 38.6 Å². The number of nitrogen functional groups attached to an aromatic ring is 1. The van der Waals surface area contributed by atoms with Crippen molar-refractivity contribution in [2.75, 3.05) is 53.0 Å². The summed E-state index contributed by atoms with van der Waals surface area (Å²) in [5, 5.41) is 9.24. The van der Waals surface area contributed by atoms with E-state index < -0.39 is 148 Å². The zero-order valence-corrected chi connectivity index (χ0v) is 48.6. The summed E-state index contributed by atoms with van der Waals surface area (Å²) in [6, 6.07) is 0. The molecule has 4 aromatic rings. The number of H-pyrrole nitrogens is 3. The number of aromatic amines is 3. The predicted octanol–water partition coefficient (Wildman–Crippen LogP) is -2.03. The van der Waals surface area contributed by atoms with Crippen LogP contribution in [0.5, 0.6) is 0 Å². The standard InChI is InChI=1S/C38H57N9O23P4S4/c1-17(2)67-72(55,76)61-13-21-20(10-24(64-21)47-16-40-25-30(47)41-36(39)42-33(25)51)68-73(56,77)62-14-22-27(29(59-6)35(65-22)46-12-19(4)32(50)44-38(46)53)70-74(57,78)63-15-23-26(69-71(54,75)60-9-7-8-48)28(58-5)34(66-23)45-11-18(3)31(49)43-37(45)52/h11-12,16-17,20-24,26-29,34-35,48H,7-10,13-15H2,1-6H3,(H,54,75)(H,55,76)(H,56,77)(H,57,78)(H,43,49,52)(H,44,50,53)(H3,39,41,42,51)/p-4/t20-,21-,22-,23-,24-,26+,27+,28?,29?,34-,35-,71?,72?,73?,74?/m1/s1. The van der Waals surface area contributed by atoms with Gasteiger partial charge in [0, 0.05) is 50.8 Å². The van der Waals surface area contributed by atoms with Crippen LogP contribution in [0.1, 0.15) is 56.5 Å². The van der Waals surface area contributed by atoms with E-state index in [0.717, 1.165) is 28.6 Å². The van der Waals surface area contributed by atoms with E-state index in [1.165, 1.54) is 31.9 Å². The largest absolute Gasteiger partial charge is 0.780 e. The number of aliphatic hydroxyl groups excluding tert-OH is 1. The maximum atomic E-state index is 14.4. The van der Waals surface area contributed by atoms with Crippen LogP contribution in [0.3, 0.4) is 0 Å². The van der Waals surface area contributed by atoms with Crippen molar-refractivity contribution in [2.45, 2.75) is 114 Å². The molecule has 7 heterocycles.